The Morgan fingerprint density at radius 2 is 1.07 bits per heavy atom. The minimum absolute atomic E-state index is 0.327. The van der Waals surface area contributed by atoms with Crippen molar-refractivity contribution in [2.24, 2.45) is 20.8 Å². The van der Waals surface area contributed by atoms with Crippen molar-refractivity contribution in [2.75, 3.05) is 23.1 Å². The molecule has 0 saturated heterocycles. The van der Waals surface area contributed by atoms with Crippen LogP contribution in [0.1, 0.15) is 0 Å². The van der Waals surface area contributed by atoms with E-state index in [1.54, 1.807) is 60.7 Å². The molecule has 2 amide bonds. The SMILES string of the molecule is O=NN(CC(=O)N/N=C/C=N/NC(=O)CN(N=O)c1ccccc1)c1ccccc1. The summed E-state index contributed by atoms with van der Waals surface area (Å²) in [6.45, 7) is -0.653. The van der Waals surface area contributed by atoms with Crippen molar-refractivity contribution in [2.45, 2.75) is 0 Å². The maximum atomic E-state index is 11.8. The van der Waals surface area contributed by atoms with E-state index >= 15 is 0 Å². The minimum Gasteiger partial charge on any atom is -0.271 e. The number of nitrogens with zero attached hydrogens (tertiary/aromatic N) is 6. The number of hydrogen-bond acceptors (Lipinski definition) is 8. The Kier molecular flexibility index (Phi) is 8.78. The van der Waals surface area contributed by atoms with Crippen LogP contribution in [0.4, 0.5) is 11.4 Å². The molecular weight excluding hydrogens is 392 g/mol. The van der Waals surface area contributed by atoms with E-state index in [4.69, 9.17) is 0 Å². The van der Waals surface area contributed by atoms with E-state index in [0.717, 1.165) is 22.4 Å². The monoisotopic (exact) mass is 410 g/mol. The zero-order chi connectivity index (χ0) is 21.6. The van der Waals surface area contributed by atoms with Gasteiger partial charge in [0.1, 0.15) is 13.1 Å². The van der Waals surface area contributed by atoms with Gasteiger partial charge in [0, 0.05) is 0 Å². The van der Waals surface area contributed by atoms with Crippen LogP contribution in [0.15, 0.2) is 81.4 Å². The highest BCUT2D eigenvalue weighted by molar-refractivity contribution is 6.16. The van der Waals surface area contributed by atoms with Crippen LogP contribution in [-0.4, -0.2) is 37.3 Å². The van der Waals surface area contributed by atoms with E-state index < -0.39 is 11.8 Å². The van der Waals surface area contributed by atoms with Gasteiger partial charge in [-0.15, -0.1) is 9.81 Å². The third kappa shape index (κ3) is 7.26. The van der Waals surface area contributed by atoms with Crippen LogP contribution < -0.4 is 20.9 Å². The van der Waals surface area contributed by atoms with Crippen molar-refractivity contribution in [3.63, 3.8) is 0 Å². The summed E-state index contributed by atoms with van der Waals surface area (Å²) in [5.41, 5.74) is 5.31. The van der Waals surface area contributed by atoms with E-state index in [0.29, 0.717) is 11.4 Å². The predicted molar refractivity (Wildman–Crippen MR) is 112 cm³/mol. The summed E-state index contributed by atoms with van der Waals surface area (Å²) in [4.78, 5) is 45.3. The lowest BCUT2D eigenvalue weighted by molar-refractivity contribution is -0.120. The lowest BCUT2D eigenvalue weighted by Crippen LogP contribution is -2.32. The number of nitrogens with one attached hydrogen (secondary N) is 2. The number of benzene rings is 2. The average molecular weight is 410 g/mol. The molecule has 0 radical (unpaired) electrons. The number of para-hydroxylation sites is 2. The molecule has 0 fully saturated rings. The lowest BCUT2D eigenvalue weighted by atomic mass is 10.3. The van der Waals surface area contributed by atoms with Crippen molar-refractivity contribution < 1.29 is 9.59 Å². The Morgan fingerprint density at radius 1 is 0.700 bits per heavy atom. The first-order chi connectivity index (χ1) is 14.6. The highest BCUT2D eigenvalue weighted by atomic mass is 16.3. The highest BCUT2D eigenvalue weighted by Crippen LogP contribution is 2.13. The first kappa shape index (κ1) is 21.8. The molecule has 0 aliphatic heterocycles. The molecule has 0 aromatic heterocycles. The second-order valence-corrected chi connectivity index (χ2v) is 5.58. The smallest absolute Gasteiger partial charge is 0.261 e. The Balaban J connectivity index is 1.73. The van der Waals surface area contributed by atoms with Gasteiger partial charge >= 0.3 is 0 Å². The lowest BCUT2D eigenvalue weighted by Gasteiger charge is -2.13. The molecule has 12 heteroatoms. The fraction of sp³-hybridized carbons (Fsp3) is 0.111. The molecule has 0 aliphatic rings. The van der Waals surface area contributed by atoms with E-state index in [1.807, 2.05) is 0 Å². The number of hydrogen-bond donors (Lipinski definition) is 2. The quantitative estimate of drug-likeness (QED) is 0.326. The van der Waals surface area contributed by atoms with Gasteiger partial charge in [-0.3, -0.25) is 9.59 Å². The maximum Gasteiger partial charge on any atom is 0.261 e. The van der Waals surface area contributed by atoms with Gasteiger partial charge in [0.2, 0.25) is 0 Å². The molecule has 154 valence electrons. The Hall–Kier alpha value is -4.48. The van der Waals surface area contributed by atoms with Crippen molar-refractivity contribution >= 4 is 35.6 Å². The fourth-order valence-electron chi connectivity index (χ4n) is 2.16. The first-order valence-corrected chi connectivity index (χ1v) is 8.58. The standard InChI is InChI=1S/C18H18N8O4/c27-17(13-25(23-29)15-7-3-1-4-8-15)21-19-11-12-20-22-18(28)14-26(24-30)16-9-5-2-6-10-16/h1-12H,13-14H2,(H,21,27)(H,22,28)/b19-11+,20-12+. The second kappa shape index (κ2) is 12.1. The highest BCUT2D eigenvalue weighted by Gasteiger charge is 2.12. The summed E-state index contributed by atoms with van der Waals surface area (Å²) in [6.07, 6.45) is 2.23. The molecule has 0 aliphatic carbocycles. The third-order valence-electron chi connectivity index (χ3n) is 3.49. The maximum absolute atomic E-state index is 11.8. The van der Waals surface area contributed by atoms with Crippen LogP contribution in [0.25, 0.3) is 0 Å². The van der Waals surface area contributed by atoms with Gasteiger partial charge in [-0.25, -0.2) is 20.9 Å². The number of carbonyl (C=O) groups is 2. The molecule has 12 nitrogen and oxygen atoms in total. The topological polar surface area (TPSA) is 148 Å². The van der Waals surface area contributed by atoms with Crippen molar-refractivity contribution in [3.05, 3.63) is 70.5 Å². The van der Waals surface area contributed by atoms with Crippen molar-refractivity contribution in [1.82, 2.24) is 10.9 Å². The zero-order valence-corrected chi connectivity index (χ0v) is 15.7. The summed E-state index contributed by atoms with van der Waals surface area (Å²) < 4.78 is 0. The predicted octanol–water partition coefficient (Wildman–Crippen LogP) is 1.57. The van der Waals surface area contributed by atoms with Gasteiger partial charge in [-0.1, -0.05) is 36.4 Å². The molecule has 2 aromatic rings. The molecule has 0 saturated carbocycles. The number of amides is 2. The Morgan fingerprint density at radius 3 is 1.40 bits per heavy atom. The van der Waals surface area contributed by atoms with Crippen molar-refractivity contribution in [3.8, 4) is 0 Å². The summed E-state index contributed by atoms with van der Waals surface area (Å²) in [7, 11) is 0. The van der Waals surface area contributed by atoms with Gasteiger partial charge in [-0.2, -0.15) is 10.2 Å². The number of hydrazone groups is 2. The summed E-state index contributed by atoms with van der Waals surface area (Å²) in [6, 6.07) is 16.9. The average Bonchev–Trinajstić information content (AvgIpc) is 2.79. The molecule has 2 N–H and O–H groups in total. The largest absolute Gasteiger partial charge is 0.271 e. The van der Waals surface area contributed by atoms with E-state index in [2.05, 4.69) is 31.6 Å². The molecule has 0 bridgehead atoms. The minimum atomic E-state index is -0.581. The number of nitroso groups, excluding NO2 is 2. The molecule has 30 heavy (non-hydrogen) atoms. The van der Waals surface area contributed by atoms with Crippen molar-refractivity contribution in [1.29, 1.82) is 0 Å². The van der Waals surface area contributed by atoms with Gasteiger partial charge < -0.3 is 0 Å². The van der Waals surface area contributed by atoms with Crippen LogP contribution in [-0.2, 0) is 9.59 Å². The van der Waals surface area contributed by atoms with Crippen LogP contribution in [0.5, 0.6) is 0 Å². The molecule has 0 atom stereocenters. The van der Waals surface area contributed by atoms with Gasteiger partial charge in [0.25, 0.3) is 11.8 Å². The zero-order valence-electron chi connectivity index (χ0n) is 15.7. The number of rotatable bonds is 11. The Labute approximate surface area is 171 Å². The normalized spacial score (nSPS) is 10.5. The molecule has 0 spiro atoms. The second-order valence-electron chi connectivity index (χ2n) is 5.58. The number of anilines is 2. The molecule has 2 rings (SSSR count). The molecule has 0 unspecified atom stereocenters. The molecule has 0 heterocycles. The summed E-state index contributed by atoms with van der Waals surface area (Å²) >= 11 is 0. The van der Waals surface area contributed by atoms with Crippen LogP contribution >= 0.6 is 0 Å². The van der Waals surface area contributed by atoms with Gasteiger partial charge in [0.15, 0.2) is 0 Å². The van der Waals surface area contributed by atoms with Crippen LogP contribution in [0.2, 0.25) is 0 Å². The first-order valence-electron chi connectivity index (χ1n) is 8.58. The fourth-order valence-corrected chi connectivity index (χ4v) is 2.16. The van der Waals surface area contributed by atoms with Crippen LogP contribution in [0.3, 0.4) is 0 Å². The Bertz CT molecular complexity index is 829. The summed E-state index contributed by atoms with van der Waals surface area (Å²) in [5.74, 6) is -1.16. The molecular formula is C18H18N8O4. The van der Waals surface area contributed by atoms with Gasteiger partial charge in [-0.05, 0) is 24.3 Å². The van der Waals surface area contributed by atoms with Gasteiger partial charge in [0.05, 0.1) is 34.4 Å². The third-order valence-corrected chi connectivity index (χ3v) is 3.49. The van der Waals surface area contributed by atoms with Crippen LogP contribution in [0, 0.1) is 9.81 Å². The summed E-state index contributed by atoms with van der Waals surface area (Å²) in [5, 5.41) is 14.7. The molecule has 2 aromatic carbocycles. The van der Waals surface area contributed by atoms with E-state index in [9.17, 15) is 19.4 Å². The van der Waals surface area contributed by atoms with E-state index in [1.165, 1.54) is 0 Å². The van der Waals surface area contributed by atoms with E-state index in [-0.39, 0.29) is 13.1 Å². The number of carbonyl (C=O) groups excluding carboxylic acids is 2.